The van der Waals surface area contributed by atoms with E-state index in [9.17, 15) is 4.79 Å². The first-order valence-electron chi connectivity index (χ1n) is 9.06. The molecule has 0 radical (unpaired) electrons. The van der Waals surface area contributed by atoms with E-state index in [2.05, 4.69) is 38.0 Å². The van der Waals surface area contributed by atoms with Crippen molar-refractivity contribution in [2.75, 3.05) is 13.1 Å². The molecule has 2 fully saturated rings. The lowest BCUT2D eigenvalue weighted by Gasteiger charge is -2.45. The third-order valence-corrected chi connectivity index (χ3v) is 5.68. The summed E-state index contributed by atoms with van der Waals surface area (Å²) in [5.41, 5.74) is 2.47. The van der Waals surface area contributed by atoms with Crippen molar-refractivity contribution in [1.29, 1.82) is 0 Å². The average molecular weight is 336 g/mol. The number of rotatable bonds is 4. The second-order valence-electron chi connectivity index (χ2n) is 7.20. The number of piperidine rings is 1. The van der Waals surface area contributed by atoms with E-state index < -0.39 is 0 Å². The summed E-state index contributed by atoms with van der Waals surface area (Å²) in [5, 5.41) is 0. The smallest absolute Gasteiger partial charge is 0.223 e. The van der Waals surface area contributed by atoms with Crippen molar-refractivity contribution in [3.63, 3.8) is 0 Å². The Balaban J connectivity index is 1.42. The van der Waals surface area contributed by atoms with Gasteiger partial charge in [-0.1, -0.05) is 6.07 Å². The normalized spacial score (nSPS) is 20.3. The van der Waals surface area contributed by atoms with E-state index in [0.29, 0.717) is 18.9 Å². The summed E-state index contributed by atoms with van der Waals surface area (Å²) >= 11 is 0. The Bertz CT molecular complexity index is 711. The van der Waals surface area contributed by atoms with Gasteiger partial charge in [0, 0.05) is 62.9 Å². The molecular formula is C20H24N4O. The number of aromatic nitrogens is 2. The van der Waals surface area contributed by atoms with Crippen LogP contribution in [0.15, 0.2) is 49.1 Å². The second kappa shape index (κ2) is 6.92. The van der Waals surface area contributed by atoms with Crippen LogP contribution in [0.2, 0.25) is 0 Å². The predicted molar refractivity (Wildman–Crippen MR) is 95.5 cm³/mol. The molecule has 4 rings (SSSR count). The Labute approximate surface area is 148 Å². The first-order valence-corrected chi connectivity index (χ1v) is 9.06. The van der Waals surface area contributed by atoms with Gasteiger partial charge in [-0.05, 0) is 48.6 Å². The number of pyridine rings is 2. The summed E-state index contributed by atoms with van der Waals surface area (Å²) in [6, 6.07) is 8.17. The van der Waals surface area contributed by atoms with Crippen LogP contribution in [-0.2, 0) is 17.9 Å². The van der Waals surface area contributed by atoms with Gasteiger partial charge in [0.05, 0.1) is 0 Å². The Morgan fingerprint density at radius 1 is 0.920 bits per heavy atom. The van der Waals surface area contributed by atoms with Gasteiger partial charge < -0.3 is 4.90 Å². The summed E-state index contributed by atoms with van der Waals surface area (Å²) in [4.78, 5) is 25.4. The van der Waals surface area contributed by atoms with Crippen LogP contribution in [0.25, 0.3) is 0 Å². The molecule has 0 aliphatic carbocycles. The molecule has 0 unspecified atom stereocenters. The van der Waals surface area contributed by atoms with Crippen molar-refractivity contribution >= 4 is 5.91 Å². The molecule has 0 N–H and O–H groups in total. The number of nitrogens with zero attached hydrogens (tertiary/aromatic N) is 4. The number of hydrogen-bond donors (Lipinski definition) is 0. The molecule has 130 valence electrons. The third kappa shape index (κ3) is 3.42. The molecule has 0 atom stereocenters. The summed E-state index contributed by atoms with van der Waals surface area (Å²) in [5.74, 6) is 0.298. The lowest BCUT2D eigenvalue weighted by atomic mass is 9.84. The van der Waals surface area contributed by atoms with Crippen molar-refractivity contribution in [2.24, 2.45) is 0 Å². The molecule has 0 bridgehead atoms. The fourth-order valence-electron chi connectivity index (χ4n) is 4.20. The summed E-state index contributed by atoms with van der Waals surface area (Å²) in [6.07, 6.45) is 11.2. The molecular weight excluding hydrogens is 312 g/mol. The number of hydrogen-bond acceptors (Lipinski definition) is 4. The molecule has 4 heterocycles. The maximum Gasteiger partial charge on any atom is 0.223 e. The van der Waals surface area contributed by atoms with E-state index in [-0.39, 0.29) is 5.54 Å². The largest absolute Gasteiger partial charge is 0.333 e. The van der Waals surface area contributed by atoms with Gasteiger partial charge in [-0.2, -0.15) is 0 Å². The zero-order valence-corrected chi connectivity index (χ0v) is 14.5. The topological polar surface area (TPSA) is 49.3 Å². The SMILES string of the molecule is O=C1CCC2(CCN(Cc3ccncc3)CC2)N1Cc1cccnc1. The average Bonchev–Trinajstić information content (AvgIpc) is 2.95. The highest BCUT2D eigenvalue weighted by Gasteiger charge is 2.46. The molecule has 2 aliphatic rings. The molecule has 2 saturated heterocycles. The van der Waals surface area contributed by atoms with Crippen LogP contribution in [0.3, 0.4) is 0 Å². The van der Waals surface area contributed by atoms with Crippen molar-refractivity contribution in [1.82, 2.24) is 19.8 Å². The zero-order valence-electron chi connectivity index (χ0n) is 14.5. The Morgan fingerprint density at radius 3 is 2.44 bits per heavy atom. The highest BCUT2D eigenvalue weighted by molar-refractivity contribution is 5.79. The molecule has 0 saturated carbocycles. The Morgan fingerprint density at radius 2 is 1.72 bits per heavy atom. The molecule has 1 amide bonds. The molecule has 5 nitrogen and oxygen atoms in total. The molecule has 2 aromatic heterocycles. The van der Waals surface area contributed by atoms with Crippen molar-refractivity contribution in [2.45, 2.75) is 44.3 Å². The van der Waals surface area contributed by atoms with Crippen molar-refractivity contribution in [3.05, 3.63) is 60.2 Å². The number of carbonyl (C=O) groups excluding carboxylic acids is 1. The van der Waals surface area contributed by atoms with Crippen LogP contribution >= 0.6 is 0 Å². The van der Waals surface area contributed by atoms with Gasteiger partial charge in [0.1, 0.15) is 0 Å². The van der Waals surface area contributed by atoms with E-state index >= 15 is 0 Å². The monoisotopic (exact) mass is 336 g/mol. The van der Waals surface area contributed by atoms with Crippen LogP contribution in [-0.4, -0.2) is 44.3 Å². The van der Waals surface area contributed by atoms with Crippen LogP contribution < -0.4 is 0 Å². The Hall–Kier alpha value is -2.27. The van der Waals surface area contributed by atoms with Crippen molar-refractivity contribution in [3.8, 4) is 0 Å². The van der Waals surface area contributed by atoms with E-state index in [1.54, 1.807) is 6.20 Å². The Kier molecular flexibility index (Phi) is 4.49. The standard InChI is InChI=1S/C20H24N4O/c25-19-3-6-20(24(19)16-18-2-1-9-22-14-18)7-12-23(13-8-20)15-17-4-10-21-11-5-17/h1-2,4-5,9-11,14H,3,6-8,12-13,15-16H2. The van der Waals surface area contributed by atoms with Gasteiger partial charge in [-0.15, -0.1) is 0 Å². The molecule has 1 spiro atoms. The van der Waals surface area contributed by atoms with Crippen LogP contribution in [0.1, 0.15) is 36.8 Å². The predicted octanol–water partition coefficient (Wildman–Crippen LogP) is 2.63. The highest BCUT2D eigenvalue weighted by Crippen LogP contribution is 2.40. The maximum atomic E-state index is 12.5. The van der Waals surface area contributed by atoms with Crippen LogP contribution in [0.4, 0.5) is 0 Å². The van der Waals surface area contributed by atoms with Gasteiger partial charge in [0.25, 0.3) is 0 Å². The third-order valence-electron chi connectivity index (χ3n) is 5.68. The molecule has 25 heavy (non-hydrogen) atoms. The molecule has 2 aromatic rings. The van der Waals surface area contributed by atoms with E-state index in [4.69, 9.17) is 0 Å². The van der Waals surface area contributed by atoms with Gasteiger partial charge in [-0.25, -0.2) is 0 Å². The highest BCUT2D eigenvalue weighted by atomic mass is 16.2. The van der Waals surface area contributed by atoms with Gasteiger partial charge in [0.2, 0.25) is 5.91 Å². The molecule has 2 aliphatic heterocycles. The van der Waals surface area contributed by atoms with Crippen LogP contribution in [0.5, 0.6) is 0 Å². The lowest BCUT2D eigenvalue weighted by molar-refractivity contribution is -0.133. The minimum atomic E-state index is 0.0433. The van der Waals surface area contributed by atoms with Crippen LogP contribution in [0, 0.1) is 0 Å². The van der Waals surface area contributed by atoms with Crippen molar-refractivity contribution < 1.29 is 4.79 Å². The zero-order chi connectivity index (χ0) is 17.1. The maximum absolute atomic E-state index is 12.5. The quantitative estimate of drug-likeness (QED) is 0.861. The second-order valence-corrected chi connectivity index (χ2v) is 7.20. The fourth-order valence-corrected chi connectivity index (χ4v) is 4.20. The minimum Gasteiger partial charge on any atom is -0.333 e. The first-order chi connectivity index (χ1) is 12.3. The van der Waals surface area contributed by atoms with Gasteiger partial charge in [-0.3, -0.25) is 19.7 Å². The molecule has 0 aromatic carbocycles. The van der Waals surface area contributed by atoms with Gasteiger partial charge >= 0.3 is 0 Å². The summed E-state index contributed by atoms with van der Waals surface area (Å²) < 4.78 is 0. The number of amides is 1. The number of carbonyl (C=O) groups is 1. The van der Waals surface area contributed by atoms with E-state index in [1.807, 2.05) is 24.7 Å². The first kappa shape index (κ1) is 16.2. The van der Waals surface area contributed by atoms with E-state index in [0.717, 1.165) is 44.5 Å². The summed E-state index contributed by atoms with van der Waals surface area (Å²) in [6.45, 7) is 3.74. The minimum absolute atomic E-state index is 0.0433. The number of likely N-dealkylation sites (tertiary alicyclic amines) is 2. The van der Waals surface area contributed by atoms with Gasteiger partial charge in [0.15, 0.2) is 0 Å². The summed E-state index contributed by atoms with van der Waals surface area (Å²) in [7, 11) is 0. The fraction of sp³-hybridized carbons (Fsp3) is 0.450. The lowest BCUT2D eigenvalue weighted by Crippen LogP contribution is -2.52. The molecule has 5 heteroatoms. The van der Waals surface area contributed by atoms with E-state index in [1.165, 1.54) is 5.56 Å².